The van der Waals surface area contributed by atoms with Crippen molar-refractivity contribution in [1.29, 1.82) is 0 Å². The predicted molar refractivity (Wildman–Crippen MR) is 330 cm³/mol. The van der Waals surface area contributed by atoms with Crippen LogP contribution in [-0.4, -0.2) is 123 Å². The molecule has 11 rings (SSSR count). The van der Waals surface area contributed by atoms with Gasteiger partial charge in [-0.3, -0.25) is 19.4 Å². The van der Waals surface area contributed by atoms with E-state index >= 15 is 0 Å². The molecule has 7 heterocycles. The number of phenolic OH excluding ortho intramolecular Hbond substituents is 1. The van der Waals surface area contributed by atoms with Gasteiger partial charge in [0.2, 0.25) is 11.8 Å². The SMILES string of the molecule is Fc1ccc(C(F)(F)F)cc1.NCCN1CCNC1=O.O=C1NCCN1CCNCc1cccc(-c2ccc(Oc3ccc(C(F)(F)F)cn3)cc2)n1.O=CO[O-].O=Cc1cccc(-c2ccc(O)cc2)n1.O=Cc1cccc(-c2ccc(Oc3ccc(C(F)(F)F)cn3)cc2)n1.[H-].[K+].[K+]. The molecule has 510 valence electrons. The topological polar surface area (TPSA) is 289 Å². The Bertz CT molecular complexity index is 3960. The van der Waals surface area contributed by atoms with Crippen molar-refractivity contribution in [2.75, 3.05) is 52.4 Å². The number of nitrogens with two attached hydrogens (primary N) is 1. The van der Waals surface area contributed by atoms with Crippen LogP contribution in [0.4, 0.5) is 53.5 Å². The molecule has 0 aliphatic carbocycles. The van der Waals surface area contributed by atoms with Gasteiger partial charge in [0.05, 0.1) is 39.5 Å². The standard InChI is InChI=1S/C23H22F3N5O2.C18H11F3N2O2.C12H9NO2.C7H4F4.C5H11N3O.CH2O3.2K.H/c24-23(25,26)17-6-9-21(29-14-17)33-19-7-4-16(5-8-19)20-3-1-2-18(30-20)15-27-10-12-31-13-11-28-22(31)32;19-18(20,21)13-6-9-17(22-10-13)25-15-7-4-12(5-8-15)16-3-1-2-14(11-24)23-16;14-8-10-2-1-3-12(13-10)9-4-6-11(15)7-5-9;8-6-3-1-5(2-4-6)7(9,10)11;6-1-3-8-4-2-7-5(8)9;2-1-4-3;;;/h1-9,14,27H,10-13,15H2,(H,28,32);1-11H;1-8,15H;1-4H;1-4,6H2,(H,7,9);1,3H;;;/q;;;;;;2*+1;-1/p-1. The molecular formula is C66H59F10K2N11O10. The van der Waals surface area contributed by atoms with Crippen molar-refractivity contribution in [3.8, 4) is 62.8 Å². The maximum absolute atomic E-state index is 12.6. The molecule has 0 spiro atoms. The van der Waals surface area contributed by atoms with Gasteiger partial charge in [-0.1, -0.05) is 18.2 Å². The fourth-order valence-corrected chi connectivity index (χ4v) is 8.25. The maximum atomic E-state index is 12.6. The second kappa shape index (κ2) is 42.1. The molecule has 5 aromatic heterocycles. The molecule has 2 fully saturated rings. The van der Waals surface area contributed by atoms with Crippen LogP contribution in [0.15, 0.2) is 188 Å². The summed E-state index contributed by atoms with van der Waals surface area (Å²) in [5, 5.41) is 26.3. The van der Waals surface area contributed by atoms with E-state index in [9.17, 15) is 63.1 Å². The molecule has 99 heavy (non-hydrogen) atoms. The van der Waals surface area contributed by atoms with E-state index in [2.05, 4.69) is 45.8 Å². The van der Waals surface area contributed by atoms with E-state index in [1.165, 1.54) is 6.07 Å². The number of hydrogen-bond acceptors (Lipinski definition) is 17. The fourth-order valence-electron chi connectivity index (χ4n) is 8.25. The van der Waals surface area contributed by atoms with E-state index in [4.69, 9.17) is 30.4 Å². The van der Waals surface area contributed by atoms with Crippen molar-refractivity contribution in [3.63, 3.8) is 0 Å². The zero-order valence-corrected chi connectivity index (χ0v) is 58.8. The Morgan fingerprint density at radius 1 is 0.545 bits per heavy atom. The maximum Gasteiger partial charge on any atom is 1.00 e. The molecule has 0 bridgehead atoms. The van der Waals surface area contributed by atoms with Gasteiger partial charge in [0, 0.05) is 100 Å². The van der Waals surface area contributed by atoms with Gasteiger partial charge in [-0.2, -0.15) is 39.5 Å². The number of hydrogen-bond donors (Lipinski definition) is 5. The summed E-state index contributed by atoms with van der Waals surface area (Å²) in [6.07, 6.45) is -10.4. The Labute approximate surface area is 645 Å². The first-order valence-corrected chi connectivity index (χ1v) is 28.6. The number of rotatable bonds is 17. The minimum absolute atomic E-state index is 0. The van der Waals surface area contributed by atoms with Crippen LogP contribution in [0.1, 0.15) is 44.8 Å². The average Bonchev–Trinajstić information content (AvgIpc) is 0.945. The van der Waals surface area contributed by atoms with Crippen molar-refractivity contribution in [2.45, 2.75) is 25.1 Å². The quantitative estimate of drug-likeness (QED) is 0.0189. The summed E-state index contributed by atoms with van der Waals surface area (Å²) in [5.74, 6) is 0.552. The van der Waals surface area contributed by atoms with Gasteiger partial charge in [0.1, 0.15) is 34.5 Å². The second-order valence-corrected chi connectivity index (χ2v) is 19.8. The summed E-state index contributed by atoms with van der Waals surface area (Å²) in [6.45, 7) is 5.90. The summed E-state index contributed by atoms with van der Waals surface area (Å²) in [7, 11) is 0. The summed E-state index contributed by atoms with van der Waals surface area (Å²) in [5.41, 5.74) is 9.00. The number of halogens is 10. The molecule has 2 saturated heterocycles. The van der Waals surface area contributed by atoms with Crippen LogP contribution in [0, 0.1) is 5.82 Å². The number of pyridine rings is 5. The fraction of sp³-hybridized carbons (Fsp3) is 0.182. The van der Waals surface area contributed by atoms with Gasteiger partial charge in [-0.05, 0) is 146 Å². The average molecular weight is 1430 g/mol. The molecule has 2 aliphatic rings. The number of carbonyl (C=O) groups is 5. The largest absolute Gasteiger partial charge is 1.00 e. The molecule has 4 amide bonds. The first-order chi connectivity index (χ1) is 46.4. The van der Waals surface area contributed by atoms with E-state index in [0.717, 1.165) is 96.1 Å². The van der Waals surface area contributed by atoms with E-state index in [1.807, 2.05) is 36.4 Å². The number of nitrogens with zero attached hydrogens (tertiary/aromatic N) is 7. The van der Waals surface area contributed by atoms with Gasteiger partial charge in [0.25, 0.3) is 6.47 Å². The van der Waals surface area contributed by atoms with E-state index in [-0.39, 0.29) is 140 Å². The predicted octanol–water partition coefficient (Wildman–Crippen LogP) is 5.47. The number of aldehydes is 2. The third-order valence-corrected chi connectivity index (χ3v) is 13.0. The van der Waals surface area contributed by atoms with Gasteiger partial charge in [0.15, 0.2) is 12.6 Å². The third-order valence-electron chi connectivity index (χ3n) is 13.0. The van der Waals surface area contributed by atoms with Crippen molar-refractivity contribution in [3.05, 3.63) is 228 Å². The number of ether oxygens (including phenoxy) is 2. The van der Waals surface area contributed by atoms with Crippen LogP contribution in [0.25, 0.3) is 33.8 Å². The Balaban J connectivity index is 0.000000342. The Morgan fingerprint density at radius 3 is 1.30 bits per heavy atom. The summed E-state index contributed by atoms with van der Waals surface area (Å²) in [6, 6.07) is 43.7. The number of aromatic hydroxyl groups is 1. The van der Waals surface area contributed by atoms with Gasteiger partial charge < -0.3 is 57.6 Å². The monoisotopic (exact) mass is 1430 g/mol. The van der Waals surface area contributed by atoms with E-state index < -0.39 is 41.0 Å². The number of amides is 4. The number of carbonyl (C=O) groups excluding carboxylic acids is 5. The molecule has 0 unspecified atom stereocenters. The molecule has 21 nitrogen and oxygen atoms in total. The number of benzene rings is 4. The number of nitrogens with one attached hydrogen (secondary N) is 3. The number of aromatic nitrogens is 5. The van der Waals surface area contributed by atoms with E-state index in [0.29, 0.717) is 92.6 Å². The first kappa shape index (κ1) is 83.3. The number of alkyl halides is 9. The zero-order valence-electron chi connectivity index (χ0n) is 53.6. The third kappa shape index (κ3) is 28.9. The Morgan fingerprint density at radius 2 is 0.939 bits per heavy atom. The van der Waals surface area contributed by atoms with Crippen molar-refractivity contribution in [2.24, 2.45) is 5.73 Å². The minimum atomic E-state index is -4.44. The summed E-state index contributed by atoms with van der Waals surface area (Å²) >= 11 is 0. The molecule has 4 aromatic carbocycles. The Kier molecular flexibility index (Phi) is 35.4. The Hall–Kier alpha value is -8.17. The zero-order chi connectivity index (χ0) is 70.4. The van der Waals surface area contributed by atoms with Crippen LogP contribution >= 0.6 is 0 Å². The molecule has 2 aliphatic heterocycles. The second-order valence-electron chi connectivity index (χ2n) is 19.8. The van der Waals surface area contributed by atoms with Crippen molar-refractivity contribution >= 4 is 31.1 Å². The molecule has 33 heteroatoms. The van der Waals surface area contributed by atoms with Gasteiger partial charge >= 0.3 is 133 Å². The minimum Gasteiger partial charge on any atom is -1.00 e. The van der Waals surface area contributed by atoms with Crippen LogP contribution in [-0.2, 0) is 34.8 Å². The van der Waals surface area contributed by atoms with Crippen LogP contribution in [0.5, 0.6) is 29.0 Å². The van der Waals surface area contributed by atoms with Gasteiger partial charge in [-0.25, -0.2) is 33.9 Å². The molecule has 0 saturated carbocycles. The molecule has 0 radical (unpaired) electrons. The summed E-state index contributed by atoms with van der Waals surface area (Å²) in [4.78, 5) is 78.6. The molecule has 9 aromatic rings. The van der Waals surface area contributed by atoms with Crippen molar-refractivity contribution < 1.29 is 197 Å². The number of urea groups is 2. The van der Waals surface area contributed by atoms with E-state index in [1.54, 1.807) is 101 Å². The smallest absolute Gasteiger partial charge is 1.00 e. The number of phenols is 1. The molecular weight excluding hydrogens is 1370 g/mol. The van der Waals surface area contributed by atoms with Crippen LogP contribution in [0.2, 0.25) is 0 Å². The normalized spacial score (nSPS) is 12.1. The molecule has 0 atom stereocenters. The molecule has 6 N–H and O–H groups in total. The van der Waals surface area contributed by atoms with Gasteiger partial charge in [-0.15, -0.1) is 0 Å². The van der Waals surface area contributed by atoms with Crippen molar-refractivity contribution in [1.82, 2.24) is 50.7 Å². The summed E-state index contributed by atoms with van der Waals surface area (Å²) < 4.78 is 134. The van der Waals surface area contributed by atoms with Crippen LogP contribution in [0.3, 0.4) is 0 Å². The first-order valence-electron chi connectivity index (χ1n) is 28.6. The van der Waals surface area contributed by atoms with Crippen LogP contribution < -0.4 is 139 Å².